The molecule has 1 aromatic rings. The molecule has 1 heterocycles. The van der Waals surface area contributed by atoms with Crippen LogP contribution in [-0.4, -0.2) is 43.4 Å². The lowest BCUT2D eigenvalue weighted by Crippen LogP contribution is -2.53. The molecule has 16 heavy (non-hydrogen) atoms. The van der Waals surface area contributed by atoms with Gasteiger partial charge in [0.25, 0.3) is 0 Å². The number of benzene rings is 1. The van der Waals surface area contributed by atoms with Gasteiger partial charge in [0.05, 0.1) is 6.04 Å². The average Bonchev–Trinajstić information content (AvgIpc) is 2.31. The first-order valence-corrected chi connectivity index (χ1v) is 5.75. The van der Waals surface area contributed by atoms with E-state index in [-0.39, 0.29) is 6.04 Å². The van der Waals surface area contributed by atoms with Crippen molar-refractivity contribution in [3.63, 3.8) is 0 Å². The summed E-state index contributed by atoms with van der Waals surface area (Å²) in [6.07, 6.45) is 0.539. The summed E-state index contributed by atoms with van der Waals surface area (Å²) in [4.78, 5) is 14.2. The van der Waals surface area contributed by atoms with E-state index in [4.69, 9.17) is 0 Å². The summed E-state index contributed by atoms with van der Waals surface area (Å²) in [5.74, 6) is 0.306. The third kappa shape index (κ3) is 2.68. The molecule has 1 saturated heterocycles. The molecule has 1 N–H and O–H groups in total. The maximum atomic E-state index is 12.1. The van der Waals surface area contributed by atoms with E-state index >= 15 is 0 Å². The highest BCUT2D eigenvalue weighted by Crippen LogP contribution is 2.07. The molecule has 86 valence electrons. The lowest BCUT2D eigenvalue weighted by Gasteiger charge is -2.31. The maximum absolute atomic E-state index is 12.1. The topological polar surface area (TPSA) is 32.3 Å². The van der Waals surface area contributed by atoms with Crippen LogP contribution in [0.1, 0.15) is 5.56 Å². The van der Waals surface area contributed by atoms with Gasteiger partial charge in [-0.1, -0.05) is 30.3 Å². The van der Waals surface area contributed by atoms with Crippen molar-refractivity contribution in [1.82, 2.24) is 10.2 Å². The molecule has 1 unspecified atom stereocenters. The number of carbonyl (C=O) groups excluding carboxylic acids is 1. The van der Waals surface area contributed by atoms with Crippen molar-refractivity contribution >= 4 is 5.78 Å². The zero-order valence-corrected chi connectivity index (χ0v) is 9.65. The molecule has 1 aliphatic rings. The number of nitrogens with one attached hydrogen (secondary N) is 1. The van der Waals surface area contributed by atoms with Crippen LogP contribution in [0.25, 0.3) is 0 Å². The Morgan fingerprint density at radius 3 is 2.88 bits per heavy atom. The third-order valence-electron chi connectivity index (χ3n) is 3.10. The molecule has 0 aliphatic carbocycles. The fourth-order valence-electron chi connectivity index (χ4n) is 2.08. The zero-order chi connectivity index (χ0) is 11.4. The van der Waals surface area contributed by atoms with Crippen LogP contribution < -0.4 is 5.32 Å². The summed E-state index contributed by atoms with van der Waals surface area (Å²) >= 11 is 0. The van der Waals surface area contributed by atoms with Gasteiger partial charge in [-0.15, -0.1) is 0 Å². The van der Waals surface area contributed by atoms with Gasteiger partial charge in [0.1, 0.15) is 0 Å². The van der Waals surface area contributed by atoms with Crippen molar-refractivity contribution in [2.75, 3.05) is 26.7 Å². The molecule has 0 saturated carbocycles. The molecule has 1 fully saturated rings. The van der Waals surface area contributed by atoms with Gasteiger partial charge in [0.15, 0.2) is 5.78 Å². The van der Waals surface area contributed by atoms with E-state index in [1.165, 1.54) is 0 Å². The van der Waals surface area contributed by atoms with Crippen LogP contribution in [-0.2, 0) is 11.2 Å². The molecule has 3 heteroatoms. The Bertz CT molecular complexity index is 350. The highest BCUT2D eigenvalue weighted by Gasteiger charge is 2.25. The molecule has 0 amide bonds. The van der Waals surface area contributed by atoms with Gasteiger partial charge < -0.3 is 5.32 Å². The fourth-order valence-corrected chi connectivity index (χ4v) is 2.08. The Kier molecular flexibility index (Phi) is 3.70. The molecule has 1 aliphatic heterocycles. The molecular weight excluding hydrogens is 200 g/mol. The Hall–Kier alpha value is -1.19. The Labute approximate surface area is 96.5 Å². The number of carbonyl (C=O) groups is 1. The van der Waals surface area contributed by atoms with Crippen LogP contribution in [0.2, 0.25) is 0 Å². The number of likely N-dealkylation sites (N-methyl/N-ethyl adjacent to an activating group) is 1. The second kappa shape index (κ2) is 5.23. The lowest BCUT2D eigenvalue weighted by atomic mass is 10.0. The number of piperazine rings is 1. The van der Waals surface area contributed by atoms with Crippen molar-refractivity contribution in [3.05, 3.63) is 35.9 Å². The van der Waals surface area contributed by atoms with Crippen molar-refractivity contribution in [1.29, 1.82) is 0 Å². The number of Topliss-reactive ketones (excluding diaryl/α,β-unsaturated/α-hetero) is 1. The Morgan fingerprint density at radius 1 is 1.44 bits per heavy atom. The van der Waals surface area contributed by atoms with Gasteiger partial charge >= 0.3 is 0 Å². The molecular formula is C13H18N2O. The number of nitrogens with zero attached hydrogens (tertiary/aromatic N) is 1. The molecule has 1 atom stereocenters. The van der Waals surface area contributed by atoms with Gasteiger partial charge in [-0.3, -0.25) is 9.69 Å². The summed E-state index contributed by atoms with van der Waals surface area (Å²) in [5, 5.41) is 3.27. The van der Waals surface area contributed by atoms with E-state index in [9.17, 15) is 4.79 Å². The largest absolute Gasteiger partial charge is 0.313 e. The van der Waals surface area contributed by atoms with Gasteiger partial charge in [-0.2, -0.15) is 0 Å². The molecule has 0 bridgehead atoms. The molecule has 0 radical (unpaired) electrons. The van der Waals surface area contributed by atoms with Crippen molar-refractivity contribution in [2.45, 2.75) is 12.5 Å². The van der Waals surface area contributed by atoms with Crippen molar-refractivity contribution in [2.24, 2.45) is 0 Å². The van der Waals surface area contributed by atoms with Gasteiger partial charge in [0.2, 0.25) is 0 Å². The predicted octanol–water partition coefficient (Wildman–Crippen LogP) is 0.702. The van der Waals surface area contributed by atoms with E-state index in [0.717, 1.165) is 25.2 Å². The maximum Gasteiger partial charge on any atom is 0.155 e. The average molecular weight is 218 g/mol. The standard InChI is InChI=1S/C13H18N2O/c1-15-8-7-14-10-12(15)13(16)9-11-5-3-2-4-6-11/h2-6,12,14H,7-10H2,1H3. The van der Waals surface area contributed by atoms with E-state index in [1.54, 1.807) is 0 Å². The highest BCUT2D eigenvalue weighted by atomic mass is 16.1. The minimum Gasteiger partial charge on any atom is -0.313 e. The van der Waals surface area contributed by atoms with Crippen LogP contribution >= 0.6 is 0 Å². The lowest BCUT2D eigenvalue weighted by molar-refractivity contribution is -0.123. The summed E-state index contributed by atoms with van der Waals surface area (Å²) < 4.78 is 0. The second-order valence-electron chi connectivity index (χ2n) is 4.33. The van der Waals surface area contributed by atoms with Gasteiger partial charge in [-0.05, 0) is 12.6 Å². The minimum absolute atomic E-state index is 0.0361. The number of ketones is 1. The first-order valence-electron chi connectivity index (χ1n) is 5.75. The SMILES string of the molecule is CN1CCNCC1C(=O)Cc1ccccc1. The molecule has 0 aromatic heterocycles. The number of hydrogen-bond donors (Lipinski definition) is 1. The van der Waals surface area contributed by atoms with Crippen LogP contribution in [0.3, 0.4) is 0 Å². The Morgan fingerprint density at radius 2 is 2.19 bits per heavy atom. The number of rotatable bonds is 3. The van der Waals surface area contributed by atoms with E-state index in [1.807, 2.05) is 37.4 Å². The third-order valence-corrected chi connectivity index (χ3v) is 3.10. The first kappa shape index (κ1) is 11.3. The fraction of sp³-hybridized carbons (Fsp3) is 0.462. The Balaban J connectivity index is 1.97. The van der Waals surface area contributed by atoms with Crippen LogP contribution in [0, 0.1) is 0 Å². The van der Waals surface area contributed by atoms with Gasteiger partial charge in [0, 0.05) is 26.1 Å². The zero-order valence-electron chi connectivity index (χ0n) is 9.65. The molecule has 1 aromatic carbocycles. The van der Waals surface area contributed by atoms with E-state index in [0.29, 0.717) is 12.2 Å². The molecule has 3 nitrogen and oxygen atoms in total. The molecule has 2 rings (SSSR count). The van der Waals surface area contributed by atoms with Crippen LogP contribution in [0.15, 0.2) is 30.3 Å². The summed E-state index contributed by atoms with van der Waals surface area (Å²) in [5.41, 5.74) is 1.10. The smallest absolute Gasteiger partial charge is 0.155 e. The van der Waals surface area contributed by atoms with Crippen LogP contribution in [0.5, 0.6) is 0 Å². The predicted molar refractivity (Wildman–Crippen MR) is 64.4 cm³/mol. The summed E-state index contributed by atoms with van der Waals surface area (Å²) in [6.45, 7) is 2.71. The van der Waals surface area contributed by atoms with Crippen LogP contribution in [0.4, 0.5) is 0 Å². The first-order chi connectivity index (χ1) is 7.77. The van der Waals surface area contributed by atoms with Gasteiger partial charge in [-0.25, -0.2) is 0 Å². The van der Waals surface area contributed by atoms with Crippen molar-refractivity contribution < 1.29 is 4.79 Å². The summed E-state index contributed by atoms with van der Waals surface area (Å²) in [7, 11) is 2.02. The van der Waals surface area contributed by atoms with Crippen molar-refractivity contribution in [3.8, 4) is 0 Å². The normalized spacial score (nSPS) is 21.9. The van der Waals surface area contributed by atoms with E-state index < -0.39 is 0 Å². The minimum atomic E-state index is 0.0361. The summed E-state index contributed by atoms with van der Waals surface area (Å²) in [6, 6.07) is 9.98. The highest BCUT2D eigenvalue weighted by molar-refractivity contribution is 5.86. The monoisotopic (exact) mass is 218 g/mol. The number of hydrogen-bond acceptors (Lipinski definition) is 3. The van der Waals surface area contributed by atoms with E-state index in [2.05, 4.69) is 10.2 Å². The molecule has 0 spiro atoms. The second-order valence-corrected chi connectivity index (χ2v) is 4.33. The quantitative estimate of drug-likeness (QED) is 0.810.